The molecule has 0 aromatic carbocycles. The zero-order valence-electron chi connectivity index (χ0n) is 11.0. The van der Waals surface area contributed by atoms with Gasteiger partial charge in [0.15, 0.2) is 6.23 Å². The van der Waals surface area contributed by atoms with Gasteiger partial charge < -0.3 is 20.1 Å². The van der Waals surface area contributed by atoms with Gasteiger partial charge in [-0.25, -0.2) is 4.79 Å². The van der Waals surface area contributed by atoms with Gasteiger partial charge in [-0.15, -0.1) is 0 Å². The number of hydrogen-bond donors (Lipinski definition) is 4. The van der Waals surface area contributed by atoms with E-state index in [0.29, 0.717) is 12.0 Å². The number of ether oxygens (including phenoxy) is 1. The van der Waals surface area contributed by atoms with Gasteiger partial charge in [0.1, 0.15) is 18.3 Å². The van der Waals surface area contributed by atoms with E-state index in [0.717, 1.165) is 11.0 Å². The van der Waals surface area contributed by atoms with Crippen molar-refractivity contribution in [3.63, 3.8) is 0 Å². The van der Waals surface area contributed by atoms with E-state index in [1.165, 1.54) is 6.20 Å². The molecule has 1 fully saturated rings. The fourth-order valence-corrected chi connectivity index (χ4v) is 2.27. The maximum absolute atomic E-state index is 11.8. The van der Waals surface area contributed by atoms with Crippen LogP contribution < -0.4 is 11.2 Å². The molecule has 0 saturated carbocycles. The Kier molecular flexibility index (Phi) is 4.39. The number of aromatic amines is 1. The van der Waals surface area contributed by atoms with Crippen LogP contribution in [0.3, 0.4) is 0 Å². The van der Waals surface area contributed by atoms with Crippen molar-refractivity contribution in [3.05, 3.63) is 32.6 Å². The highest BCUT2D eigenvalue weighted by molar-refractivity contribution is 5.06. The first kappa shape index (κ1) is 14.9. The molecule has 8 nitrogen and oxygen atoms in total. The maximum atomic E-state index is 11.8. The number of aryl methyl sites for hydroxylation is 1. The molecule has 2 heterocycles. The van der Waals surface area contributed by atoms with E-state index in [-0.39, 0.29) is 0 Å². The lowest BCUT2D eigenvalue weighted by atomic mass is 10.1. The Hall–Kier alpha value is -1.48. The van der Waals surface area contributed by atoms with Crippen LogP contribution in [0.1, 0.15) is 25.1 Å². The summed E-state index contributed by atoms with van der Waals surface area (Å²) < 4.78 is 6.30. The topological polar surface area (TPSA) is 125 Å². The van der Waals surface area contributed by atoms with E-state index >= 15 is 0 Å². The van der Waals surface area contributed by atoms with Crippen molar-refractivity contribution in [1.82, 2.24) is 9.55 Å². The highest BCUT2D eigenvalue weighted by atomic mass is 16.6. The van der Waals surface area contributed by atoms with Crippen LogP contribution >= 0.6 is 0 Å². The van der Waals surface area contributed by atoms with E-state index in [9.17, 15) is 19.8 Å². The molecule has 4 N–H and O–H groups in total. The fraction of sp³-hybridized carbons (Fsp3) is 0.667. The molecule has 0 aliphatic carbocycles. The first-order valence-electron chi connectivity index (χ1n) is 6.46. The van der Waals surface area contributed by atoms with Crippen LogP contribution in [0.5, 0.6) is 0 Å². The van der Waals surface area contributed by atoms with Gasteiger partial charge in [-0.1, -0.05) is 13.3 Å². The van der Waals surface area contributed by atoms with Gasteiger partial charge in [0, 0.05) is 11.8 Å². The summed E-state index contributed by atoms with van der Waals surface area (Å²) in [7, 11) is 0. The average molecular weight is 286 g/mol. The third kappa shape index (κ3) is 2.55. The Morgan fingerprint density at radius 1 is 1.35 bits per heavy atom. The number of rotatable bonds is 4. The number of H-pyrrole nitrogens is 1. The van der Waals surface area contributed by atoms with Crippen LogP contribution in [0.2, 0.25) is 0 Å². The van der Waals surface area contributed by atoms with Crippen molar-refractivity contribution in [1.29, 1.82) is 0 Å². The lowest BCUT2D eigenvalue weighted by molar-refractivity contribution is -0.0551. The smallest absolute Gasteiger partial charge is 0.330 e. The van der Waals surface area contributed by atoms with Gasteiger partial charge in [-0.05, 0) is 6.42 Å². The number of nitrogens with one attached hydrogen (secondary N) is 1. The summed E-state index contributed by atoms with van der Waals surface area (Å²) in [5.41, 5.74) is -0.811. The molecule has 1 aromatic heterocycles. The average Bonchev–Trinajstić information content (AvgIpc) is 2.70. The van der Waals surface area contributed by atoms with E-state index in [4.69, 9.17) is 9.84 Å². The third-order valence-corrected chi connectivity index (χ3v) is 3.35. The largest absolute Gasteiger partial charge is 0.394 e. The van der Waals surface area contributed by atoms with Crippen LogP contribution in [0.4, 0.5) is 0 Å². The van der Waals surface area contributed by atoms with Crippen molar-refractivity contribution in [2.45, 2.75) is 44.3 Å². The van der Waals surface area contributed by atoms with Gasteiger partial charge in [0.2, 0.25) is 0 Å². The Balaban J connectivity index is 2.40. The van der Waals surface area contributed by atoms with Crippen molar-refractivity contribution in [2.75, 3.05) is 6.61 Å². The second-order valence-corrected chi connectivity index (χ2v) is 4.80. The normalized spacial score (nSPS) is 29.8. The predicted octanol–water partition coefficient (Wildman–Crippen LogP) is -1.90. The number of aromatic nitrogens is 2. The molecule has 2 rings (SSSR count). The zero-order valence-corrected chi connectivity index (χ0v) is 11.0. The van der Waals surface area contributed by atoms with Crippen molar-refractivity contribution < 1.29 is 20.1 Å². The van der Waals surface area contributed by atoms with Gasteiger partial charge in [-0.3, -0.25) is 14.3 Å². The summed E-state index contributed by atoms with van der Waals surface area (Å²) in [6.07, 6.45) is -2.23. The predicted molar refractivity (Wildman–Crippen MR) is 68.3 cm³/mol. The summed E-state index contributed by atoms with van der Waals surface area (Å²) in [6.45, 7) is 1.41. The molecule has 4 atom stereocenters. The molecule has 1 aliphatic rings. The van der Waals surface area contributed by atoms with E-state index in [2.05, 4.69) is 4.98 Å². The number of aliphatic hydroxyl groups excluding tert-OH is 3. The van der Waals surface area contributed by atoms with Crippen LogP contribution in [0.15, 0.2) is 15.8 Å². The highest BCUT2D eigenvalue weighted by Crippen LogP contribution is 2.27. The summed E-state index contributed by atoms with van der Waals surface area (Å²) in [4.78, 5) is 25.6. The Morgan fingerprint density at radius 3 is 2.60 bits per heavy atom. The fourth-order valence-electron chi connectivity index (χ4n) is 2.27. The van der Waals surface area contributed by atoms with E-state index < -0.39 is 42.4 Å². The molecule has 8 heteroatoms. The molecule has 0 unspecified atom stereocenters. The molecule has 1 saturated heterocycles. The van der Waals surface area contributed by atoms with Crippen molar-refractivity contribution in [3.8, 4) is 0 Å². The zero-order chi connectivity index (χ0) is 14.9. The van der Waals surface area contributed by atoms with Crippen LogP contribution in [0, 0.1) is 0 Å². The minimum absolute atomic E-state index is 0.393. The minimum atomic E-state index is -1.36. The lowest BCUT2D eigenvalue weighted by Crippen LogP contribution is -2.38. The quantitative estimate of drug-likeness (QED) is 0.512. The van der Waals surface area contributed by atoms with E-state index in [1.54, 1.807) is 0 Å². The van der Waals surface area contributed by atoms with Crippen LogP contribution in [-0.2, 0) is 11.2 Å². The number of aliphatic hydroxyl groups is 3. The van der Waals surface area contributed by atoms with Gasteiger partial charge in [-0.2, -0.15) is 0 Å². The molecule has 1 aliphatic heterocycles. The van der Waals surface area contributed by atoms with Crippen LogP contribution in [-0.4, -0.2) is 49.8 Å². The lowest BCUT2D eigenvalue weighted by Gasteiger charge is -2.17. The van der Waals surface area contributed by atoms with Gasteiger partial charge in [0.05, 0.1) is 6.61 Å². The molecule has 1 aromatic rings. The molecular weight excluding hydrogens is 268 g/mol. The molecule has 0 spiro atoms. The van der Waals surface area contributed by atoms with Gasteiger partial charge in [0.25, 0.3) is 5.56 Å². The molecule has 20 heavy (non-hydrogen) atoms. The summed E-state index contributed by atoms with van der Waals surface area (Å²) in [6, 6.07) is 0. The van der Waals surface area contributed by atoms with Gasteiger partial charge >= 0.3 is 5.69 Å². The first-order valence-corrected chi connectivity index (χ1v) is 6.46. The Bertz CT molecular complexity index is 580. The number of hydrogen-bond acceptors (Lipinski definition) is 6. The minimum Gasteiger partial charge on any atom is -0.394 e. The molecule has 0 radical (unpaired) electrons. The van der Waals surface area contributed by atoms with Crippen molar-refractivity contribution in [2.24, 2.45) is 0 Å². The highest BCUT2D eigenvalue weighted by Gasteiger charge is 2.43. The molecular formula is C12H18N2O6. The molecule has 0 amide bonds. The standard InChI is InChI=1S/C12H18N2O6/c1-2-3-6-4-14(12(19)13-10(6)18)11-9(17)8(16)7(5-15)20-11/h4,7-9,11,15-17H,2-3,5H2,1H3,(H,13,18,19)/t7-,8+,9-,11-/m1/s1. The summed E-state index contributed by atoms with van der Waals surface area (Å²) in [5, 5.41) is 28.6. The second-order valence-electron chi connectivity index (χ2n) is 4.80. The maximum Gasteiger partial charge on any atom is 0.330 e. The number of nitrogens with zero attached hydrogens (tertiary/aromatic N) is 1. The summed E-state index contributed by atoms with van der Waals surface area (Å²) >= 11 is 0. The molecule has 0 bridgehead atoms. The Morgan fingerprint density at radius 2 is 2.05 bits per heavy atom. The second kappa shape index (κ2) is 5.88. The van der Waals surface area contributed by atoms with Crippen LogP contribution in [0.25, 0.3) is 0 Å². The third-order valence-electron chi connectivity index (χ3n) is 3.35. The van der Waals surface area contributed by atoms with Crippen molar-refractivity contribution >= 4 is 0 Å². The summed E-state index contributed by atoms with van der Waals surface area (Å²) in [5.74, 6) is 0. The monoisotopic (exact) mass is 286 g/mol. The first-order chi connectivity index (χ1) is 9.49. The SMILES string of the molecule is CCCc1cn([C@@H]2O[C@H](CO)[C@H](O)[C@H]2O)c(=O)[nH]c1=O. The van der Waals surface area contributed by atoms with E-state index in [1.807, 2.05) is 6.92 Å². The Labute approximate surface area is 114 Å². The molecule has 112 valence electrons.